The predicted molar refractivity (Wildman–Crippen MR) is 70.4 cm³/mol. The lowest BCUT2D eigenvalue weighted by atomic mass is 9.91. The number of carbonyl (C=O) groups is 1. The van der Waals surface area contributed by atoms with Crippen LogP contribution in [0.1, 0.15) is 33.5 Å². The lowest BCUT2D eigenvalue weighted by Crippen LogP contribution is -2.15. The van der Waals surface area contributed by atoms with Crippen molar-refractivity contribution in [1.29, 1.82) is 0 Å². The highest BCUT2D eigenvalue weighted by Crippen LogP contribution is 2.28. The van der Waals surface area contributed by atoms with Crippen LogP contribution in [-0.2, 0) is 0 Å². The quantitative estimate of drug-likeness (QED) is 0.728. The maximum Gasteiger partial charge on any atom is 0.167 e. The van der Waals surface area contributed by atoms with E-state index in [9.17, 15) is 4.79 Å². The van der Waals surface area contributed by atoms with Crippen LogP contribution >= 0.6 is 11.8 Å². The summed E-state index contributed by atoms with van der Waals surface area (Å²) in [6.07, 6.45) is 1.05. The first-order valence-electron chi connectivity index (χ1n) is 5.79. The third-order valence-electron chi connectivity index (χ3n) is 3.41. The Morgan fingerprint density at radius 3 is 2.50 bits per heavy atom. The van der Waals surface area contributed by atoms with Gasteiger partial charge in [0.1, 0.15) is 0 Å². The molecule has 0 spiro atoms. The zero-order valence-electron chi connectivity index (χ0n) is 10.2. The number of hydrogen-bond acceptors (Lipinski definition) is 2. The van der Waals surface area contributed by atoms with E-state index < -0.39 is 0 Å². The molecule has 0 saturated carbocycles. The molecule has 0 N–H and O–H groups in total. The van der Waals surface area contributed by atoms with Crippen LogP contribution in [0.2, 0.25) is 0 Å². The van der Waals surface area contributed by atoms with Gasteiger partial charge in [-0.05, 0) is 55.7 Å². The Morgan fingerprint density at radius 2 is 1.88 bits per heavy atom. The summed E-state index contributed by atoms with van der Waals surface area (Å²) in [7, 11) is 0. The minimum absolute atomic E-state index is 0.255. The summed E-state index contributed by atoms with van der Waals surface area (Å²) in [5, 5.41) is 0. The number of hydrogen-bond donors (Lipinski definition) is 0. The summed E-state index contributed by atoms with van der Waals surface area (Å²) >= 11 is 1.90. The maximum absolute atomic E-state index is 12.3. The third-order valence-corrected chi connectivity index (χ3v) is 4.57. The van der Waals surface area contributed by atoms with E-state index >= 15 is 0 Å². The molecule has 1 aromatic carbocycles. The molecule has 1 heterocycles. The number of aryl methyl sites for hydroxylation is 3. The normalized spacial score (nSPS) is 20.1. The van der Waals surface area contributed by atoms with Crippen molar-refractivity contribution in [2.75, 3.05) is 11.5 Å². The Hall–Kier alpha value is -0.760. The van der Waals surface area contributed by atoms with Gasteiger partial charge >= 0.3 is 0 Å². The maximum atomic E-state index is 12.3. The second-order valence-electron chi connectivity index (χ2n) is 4.68. The van der Waals surface area contributed by atoms with E-state index in [1.807, 2.05) is 18.7 Å². The molecule has 1 aromatic rings. The molecule has 1 aliphatic rings. The van der Waals surface area contributed by atoms with Gasteiger partial charge in [-0.15, -0.1) is 0 Å². The van der Waals surface area contributed by atoms with Crippen LogP contribution in [0.25, 0.3) is 0 Å². The van der Waals surface area contributed by atoms with Gasteiger partial charge in [0.2, 0.25) is 0 Å². The molecule has 1 atom stereocenters. The van der Waals surface area contributed by atoms with Gasteiger partial charge in [-0.2, -0.15) is 11.8 Å². The largest absolute Gasteiger partial charge is 0.294 e. The van der Waals surface area contributed by atoms with Gasteiger partial charge in [-0.25, -0.2) is 0 Å². The van der Waals surface area contributed by atoms with Crippen molar-refractivity contribution in [1.82, 2.24) is 0 Å². The van der Waals surface area contributed by atoms with Crippen LogP contribution in [0, 0.1) is 26.7 Å². The topological polar surface area (TPSA) is 17.1 Å². The van der Waals surface area contributed by atoms with E-state index in [0.29, 0.717) is 5.78 Å². The highest BCUT2D eigenvalue weighted by atomic mass is 32.2. The Balaban J connectivity index is 2.32. The molecule has 16 heavy (non-hydrogen) atoms. The number of rotatable bonds is 2. The Labute approximate surface area is 102 Å². The van der Waals surface area contributed by atoms with Gasteiger partial charge in [0, 0.05) is 17.2 Å². The van der Waals surface area contributed by atoms with E-state index in [-0.39, 0.29) is 5.92 Å². The molecule has 0 radical (unpaired) electrons. The lowest BCUT2D eigenvalue weighted by Gasteiger charge is -2.12. The standard InChI is InChI=1S/C14H18OS/c1-9-6-11(3)13(7-10(9)2)14(15)12-4-5-16-8-12/h6-7,12H,4-5,8H2,1-3H3. The van der Waals surface area contributed by atoms with Gasteiger partial charge in [0.25, 0.3) is 0 Å². The molecule has 2 rings (SSSR count). The van der Waals surface area contributed by atoms with E-state index in [1.165, 1.54) is 11.1 Å². The number of benzene rings is 1. The Bertz CT molecular complexity index is 417. The fourth-order valence-corrected chi connectivity index (χ4v) is 3.41. The molecule has 1 nitrogen and oxygen atoms in total. The first-order valence-corrected chi connectivity index (χ1v) is 6.95. The van der Waals surface area contributed by atoms with Crippen molar-refractivity contribution < 1.29 is 4.79 Å². The van der Waals surface area contributed by atoms with Crippen molar-refractivity contribution in [2.24, 2.45) is 5.92 Å². The summed E-state index contributed by atoms with van der Waals surface area (Å²) in [5.74, 6) is 2.75. The first kappa shape index (κ1) is 11.7. The van der Waals surface area contributed by atoms with E-state index in [2.05, 4.69) is 26.0 Å². The third kappa shape index (κ3) is 2.17. The van der Waals surface area contributed by atoms with Gasteiger partial charge < -0.3 is 0 Å². The zero-order valence-corrected chi connectivity index (χ0v) is 11.0. The summed E-state index contributed by atoms with van der Waals surface area (Å²) in [6.45, 7) is 6.22. The van der Waals surface area contributed by atoms with Gasteiger partial charge in [0.15, 0.2) is 5.78 Å². The minimum Gasteiger partial charge on any atom is -0.294 e. The SMILES string of the molecule is Cc1cc(C)c(C(=O)C2CCSC2)cc1C. The Kier molecular flexibility index (Phi) is 3.38. The fourth-order valence-electron chi connectivity index (χ4n) is 2.19. The zero-order chi connectivity index (χ0) is 11.7. The van der Waals surface area contributed by atoms with E-state index in [0.717, 1.165) is 29.1 Å². The van der Waals surface area contributed by atoms with Crippen molar-refractivity contribution in [3.63, 3.8) is 0 Å². The lowest BCUT2D eigenvalue weighted by molar-refractivity contribution is 0.0933. The molecule has 1 saturated heterocycles. The van der Waals surface area contributed by atoms with Crippen molar-refractivity contribution in [3.05, 3.63) is 34.4 Å². The second kappa shape index (κ2) is 4.62. The van der Waals surface area contributed by atoms with Crippen LogP contribution < -0.4 is 0 Å². The molecule has 0 amide bonds. The number of carbonyl (C=O) groups excluding carboxylic acids is 1. The second-order valence-corrected chi connectivity index (χ2v) is 5.83. The summed E-state index contributed by atoms with van der Waals surface area (Å²) < 4.78 is 0. The minimum atomic E-state index is 0.255. The summed E-state index contributed by atoms with van der Waals surface area (Å²) in [4.78, 5) is 12.3. The monoisotopic (exact) mass is 234 g/mol. The van der Waals surface area contributed by atoms with E-state index in [4.69, 9.17) is 0 Å². The van der Waals surface area contributed by atoms with Crippen molar-refractivity contribution in [2.45, 2.75) is 27.2 Å². The van der Waals surface area contributed by atoms with Gasteiger partial charge in [0.05, 0.1) is 0 Å². The highest BCUT2D eigenvalue weighted by molar-refractivity contribution is 7.99. The average molecular weight is 234 g/mol. The van der Waals surface area contributed by atoms with Crippen LogP contribution in [0.15, 0.2) is 12.1 Å². The van der Waals surface area contributed by atoms with Gasteiger partial charge in [-0.3, -0.25) is 4.79 Å². The predicted octanol–water partition coefficient (Wildman–Crippen LogP) is 3.55. The molecule has 1 aliphatic heterocycles. The molecule has 1 unspecified atom stereocenters. The van der Waals surface area contributed by atoms with Crippen LogP contribution in [0.3, 0.4) is 0 Å². The van der Waals surface area contributed by atoms with E-state index in [1.54, 1.807) is 0 Å². The molecule has 0 bridgehead atoms. The Morgan fingerprint density at radius 1 is 1.19 bits per heavy atom. The van der Waals surface area contributed by atoms with Gasteiger partial charge in [-0.1, -0.05) is 6.07 Å². The molecule has 0 aliphatic carbocycles. The van der Waals surface area contributed by atoms with Crippen LogP contribution in [-0.4, -0.2) is 17.3 Å². The number of ketones is 1. The first-order chi connectivity index (χ1) is 7.59. The summed E-state index contributed by atoms with van der Waals surface area (Å²) in [5.41, 5.74) is 4.56. The van der Waals surface area contributed by atoms with Crippen LogP contribution in [0.4, 0.5) is 0 Å². The summed E-state index contributed by atoms with van der Waals surface area (Å²) in [6, 6.07) is 4.20. The smallest absolute Gasteiger partial charge is 0.167 e. The van der Waals surface area contributed by atoms with Crippen molar-refractivity contribution in [3.8, 4) is 0 Å². The molecule has 0 aromatic heterocycles. The fraction of sp³-hybridized carbons (Fsp3) is 0.500. The highest BCUT2D eigenvalue weighted by Gasteiger charge is 2.25. The average Bonchev–Trinajstić information content (AvgIpc) is 2.75. The van der Waals surface area contributed by atoms with Crippen LogP contribution in [0.5, 0.6) is 0 Å². The molecule has 2 heteroatoms. The molecular weight excluding hydrogens is 216 g/mol. The number of thioether (sulfide) groups is 1. The molecule has 86 valence electrons. The molecular formula is C14H18OS. The number of Topliss-reactive ketones (excluding diaryl/α,β-unsaturated/α-hetero) is 1. The molecule has 1 fully saturated rings. The van der Waals surface area contributed by atoms with Crippen molar-refractivity contribution >= 4 is 17.5 Å².